The molecular weight excluding hydrogens is 663 g/mol. The van der Waals surface area contributed by atoms with Crippen LogP contribution in [0, 0.1) is 0 Å². The van der Waals surface area contributed by atoms with Gasteiger partial charge in [-0.3, -0.25) is 0 Å². The molecule has 3 heterocycles. The second-order valence-corrected chi connectivity index (χ2v) is 13.6. The van der Waals surface area contributed by atoms with E-state index in [0.29, 0.717) is 17.5 Å². The highest BCUT2D eigenvalue weighted by Crippen LogP contribution is 2.45. The van der Waals surface area contributed by atoms with Gasteiger partial charge in [-0.05, 0) is 81.6 Å². The van der Waals surface area contributed by atoms with Crippen molar-refractivity contribution < 1.29 is 8.83 Å². The highest BCUT2D eigenvalue weighted by molar-refractivity contribution is 6.18. The third-order valence-electron chi connectivity index (χ3n) is 10.3. The zero-order chi connectivity index (χ0) is 35.6. The average molecular weight is 692 g/mol. The van der Waals surface area contributed by atoms with Crippen molar-refractivity contribution in [2.24, 2.45) is 0 Å². The van der Waals surface area contributed by atoms with Crippen LogP contribution in [0.15, 0.2) is 185 Å². The van der Waals surface area contributed by atoms with E-state index in [-0.39, 0.29) is 0 Å². The van der Waals surface area contributed by atoms with Gasteiger partial charge in [0.15, 0.2) is 17.5 Å². The molecule has 0 saturated heterocycles. The van der Waals surface area contributed by atoms with Crippen molar-refractivity contribution in [3.05, 3.63) is 176 Å². The van der Waals surface area contributed by atoms with E-state index in [4.69, 9.17) is 23.8 Å². The number of aromatic nitrogens is 3. The van der Waals surface area contributed by atoms with Gasteiger partial charge in [0.1, 0.15) is 22.3 Å². The molecule has 0 aliphatic carbocycles. The minimum atomic E-state index is 0.565. The number of para-hydroxylation sites is 1. The summed E-state index contributed by atoms with van der Waals surface area (Å²) in [6.45, 7) is 0. The lowest BCUT2D eigenvalue weighted by Crippen LogP contribution is -2.02. The first-order chi connectivity index (χ1) is 26.7. The molecule has 8 aromatic carbocycles. The lowest BCUT2D eigenvalue weighted by molar-refractivity contribution is 0.669. The monoisotopic (exact) mass is 691 g/mol. The summed E-state index contributed by atoms with van der Waals surface area (Å²) >= 11 is 0. The Morgan fingerprint density at radius 1 is 0.315 bits per heavy atom. The summed E-state index contributed by atoms with van der Waals surface area (Å²) in [6.07, 6.45) is 0. The molecule has 0 atom stereocenters. The maximum atomic E-state index is 6.66. The summed E-state index contributed by atoms with van der Waals surface area (Å²) in [5, 5.41) is 6.29. The Morgan fingerprint density at radius 2 is 0.907 bits per heavy atom. The van der Waals surface area contributed by atoms with Crippen molar-refractivity contribution in [1.29, 1.82) is 0 Å². The van der Waals surface area contributed by atoms with Crippen molar-refractivity contribution >= 4 is 54.6 Å². The number of fused-ring (bicyclic) bond motifs is 7. The van der Waals surface area contributed by atoms with E-state index in [1.54, 1.807) is 0 Å². The summed E-state index contributed by atoms with van der Waals surface area (Å²) in [7, 11) is 0. The normalized spacial score (nSPS) is 11.7. The van der Waals surface area contributed by atoms with Crippen molar-refractivity contribution in [1.82, 2.24) is 15.0 Å². The zero-order valence-corrected chi connectivity index (χ0v) is 28.9. The Balaban J connectivity index is 1.25. The quantitative estimate of drug-likeness (QED) is 0.180. The first kappa shape index (κ1) is 30.3. The van der Waals surface area contributed by atoms with Gasteiger partial charge in [0.25, 0.3) is 0 Å². The smallest absolute Gasteiger partial charge is 0.165 e. The van der Waals surface area contributed by atoms with Gasteiger partial charge in [-0.2, -0.15) is 0 Å². The number of hydrogen-bond donors (Lipinski definition) is 0. The van der Waals surface area contributed by atoms with Crippen molar-refractivity contribution in [2.45, 2.75) is 0 Å². The minimum absolute atomic E-state index is 0.565. The van der Waals surface area contributed by atoms with E-state index >= 15 is 0 Å². The fourth-order valence-corrected chi connectivity index (χ4v) is 7.80. The molecule has 3 aromatic heterocycles. The summed E-state index contributed by atoms with van der Waals surface area (Å²) in [5.41, 5.74) is 10.2. The lowest BCUT2D eigenvalue weighted by atomic mass is 9.89. The molecular formula is C49H29N3O2. The number of nitrogens with zero attached hydrogens (tertiary/aromatic N) is 3. The molecule has 0 aliphatic rings. The highest BCUT2D eigenvalue weighted by Gasteiger charge is 2.24. The standard InChI is InChI=1S/C49H29N3O2/c1-3-13-30(14-4-1)35-19-9-10-20-36(35)38-24-26-43-45(40-27-32-17-7-8-18-33(32)29-44(40)54-43)46(38)49-51-47(31-15-5-2-6-16-31)50-48(52-49)34-23-25-42-39(28-34)37-21-11-12-22-41(37)53-42/h1-29H. The van der Waals surface area contributed by atoms with Gasteiger partial charge in [0, 0.05) is 38.2 Å². The average Bonchev–Trinajstić information content (AvgIpc) is 3.80. The van der Waals surface area contributed by atoms with Crippen LogP contribution in [0.4, 0.5) is 0 Å². The highest BCUT2D eigenvalue weighted by atomic mass is 16.3. The number of benzene rings is 8. The van der Waals surface area contributed by atoms with Crippen LogP contribution in [-0.2, 0) is 0 Å². The molecule has 0 fully saturated rings. The molecule has 0 saturated carbocycles. The van der Waals surface area contributed by atoms with E-state index in [0.717, 1.165) is 93.6 Å². The fourth-order valence-electron chi connectivity index (χ4n) is 7.80. The van der Waals surface area contributed by atoms with Gasteiger partial charge in [-0.25, -0.2) is 15.0 Å². The van der Waals surface area contributed by atoms with E-state index in [1.807, 2.05) is 66.7 Å². The zero-order valence-electron chi connectivity index (χ0n) is 28.9. The Morgan fingerprint density at radius 3 is 1.72 bits per heavy atom. The van der Waals surface area contributed by atoms with Gasteiger partial charge >= 0.3 is 0 Å². The molecule has 252 valence electrons. The van der Waals surface area contributed by atoms with E-state index < -0.39 is 0 Å². The Kier molecular flexibility index (Phi) is 6.79. The molecule has 0 N–H and O–H groups in total. The second-order valence-electron chi connectivity index (χ2n) is 13.6. The minimum Gasteiger partial charge on any atom is -0.456 e. The molecule has 5 nitrogen and oxygen atoms in total. The van der Waals surface area contributed by atoms with Gasteiger partial charge in [-0.15, -0.1) is 0 Å². The predicted molar refractivity (Wildman–Crippen MR) is 219 cm³/mol. The van der Waals surface area contributed by atoms with Crippen LogP contribution in [0.25, 0.3) is 111 Å². The van der Waals surface area contributed by atoms with Crippen LogP contribution in [0.1, 0.15) is 0 Å². The number of rotatable bonds is 5. The fraction of sp³-hybridized carbons (Fsp3) is 0. The molecule has 5 heteroatoms. The van der Waals surface area contributed by atoms with Crippen LogP contribution >= 0.6 is 0 Å². The first-order valence-electron chi connectivity index (χ1n) is 18.0. The summed E-state index contributed by atoms with van der Waals surface area (Å²) in [4.78, 5) is 15.8. The van der Waals surface area contributed by atoms with Gasteiger partial charge in [-0.1, -0.05) is 127 Å². The van der Waals surface area contributed by atoms with Gasteiger partial charge < -0.3 is 8.83 Å². The molecule has 0 spiro atoms. The van der Waals surface area contributed by atoms with Gasteiger partial charge in [0.2, 0.25) is 0 Å². The van der Waals surface area contributed by atoms with E-state index in [2.05, 4.69) is 109 Å². The maximum Gasteiger partial charge on any atom is 0.165 e. The van der Waals surface area contributed by atoms with Crippen molar-refractivity contribution in [2.75, 3.05) is 0 Å². The first-order valence-corrected chi connectivity index (χ1v) is 18.0. The largest absolute Gasteiger partial charge is 0.456 e. The van der Waals surface area contributed by atoms with Crippen LogP contribution in [0.5, 0.6) is 0 Å². The molecule has 11 rings (SSSR count). The SMILES string of the molecule is c1ccc(-c2nc(-c3ccc4oc5ccccc5c4c3)nc(-c3c(-c4ccccc4-c4ccccc4)ccc4oc5cc6ccccc6cc5c34)n2)cc1. The van der Waals surface area contributed by atoms with Crippen LogP contribution in [0.2, 0.25) is 0 Å². The van der Waals surface area contributed by atoms with Crippen molar-refractivity contribution in [3.63, 3.8) is 0 Å². The molecule has 0 radical (unpaired) electrons. The van der Waals surface area contributed by atoms with E-state index in [9.17, 15) is 0 Å². The molecule has 0 unspecified atom stereocenters. The van der Waals surface area contributed by atoms with Gasteiger partial charge in [0.05, 0.1) is 0 Å². The summed E-state index contributed by atoms with van der Waals surface area (Å²) < 4.78 is 12.8. The van der Waals surface area contributed by atoms with Crippen LogP contribution in [0.3, 0.4) is 0 Å². The lowest BCUT2D eigenvalue weighted by Gasteiger charge is -2.16. The Hall–Kier alpha value is -7.37. The Bertz CT molecular complexity index is 3220. The van der Waals surface area contributed by atoms with Crippen molar-refractivity contribution in [3.8, 4) is 56.4 Å². The molecule has 0 aliphatic heterocycles. The summed E-state index contributed by atoms with van der Waals surface area (Å²) in [5.74, 6) is 1.73. The third kappa shape index (κ3) is 4.90. The Labute approximate surface area is 309 Å². The second kappa shape index (κ2) is 12.1. The van der Waals surface area contributed by atoms with Crippen LogP contribution < -0.4 is 0 Å². The number of hydrogen-bond acceptors (Lipinski definition) is 5. The van der Waals surface area contributed by atoms with E-state index in [1.165, 1.54) is 0 Å². The predicted octanol–water partition coefficient (Wildman–Crippen LogP) is 13.2. The molecule has 11 aromatic rings. The summed E-state index contributed by atoms with van der Waals surface area (Å²) in [6, 6.07) is 60.4. The topological polar surface area (TPSA) is 65.0 Å². The molecule has 0 amide bonds. The number of furan rings is 2. The van der Waals surface area contributed by atoms with Crippen LogP contribution in [-0.4, -0.2) is 15.0 Å². The maximum absolute atomic E-state index is 6.66. The molecule has 0 bridgehead atoms. The third-order valence-corrected chi connectivity index (χ3v) is 10.3. The molecule has 54 heavy (non-hydrogen) atoms.